The molecular formula is C14H12BrN3. The van der Waals surface area contributed by atoms with Crippen molar-refractivity contribution >= 4 is 21.6 Å². The van der Waals surface area contributed by atoms with E-state index in [1.807, 2.05) is 48.7 Å². The molecule has 18 heavy (non-hydrogen) atoms. The summed E-state index contributed by atoms with van der Waals surface area (Å²) in [6.45, 7) is 4.04. The van der Waals surface area contributed by atoms with Crippen molar-refractivity contribution in [1.82, 2.24) is 14.6 Å². The van der Waals surface area contributed by atoms with E-state index >= 15 is 0 Å². The lowest BCUT2D eigenvalue weighted by Gasteiger charge is -2.04. The zero-order valence-electron chi connectivity index (χ0n) is 10.2. The minimum atomic E-state index is 0.890. The van der Waals surface area contributed by atoms with E-state index < -0.39 is 0 Å². The first-order valence-electron chi connectivity index (χ1n) is 5.75. The molecule has 0 aliphatic heterocycles. The summed E-state index contributed by atoms with van der Waals surface area (Å²) in [5, 5.41) is 4.65. The standard InChI is InChI=1S/C14H12BrN3/c1-9-10(2)18-14(16-9)8-7-13(17-18)11-5-3-4-6-12(11)15/h3-8H,1-2H3. The van der Waals surface area contributed by atoms with Crippen LogP contribution in [0, 0.1) is 13.8 Å². The summed E-state index contributed by atoms with van der Waals surface area (Å²) in [5.74, 6) is 0. The fourth-order valence-electron chi connectivity index (χ4n) is 1.97. The molecule has 0 spiro atoms. The molecule has 0 fully saturated rings. The van der Waals surface area contributed by atoms with Crippen molar-refractivity contribution in [2.45, 2.75) is 13.8 Å². The number of aromatic nitrogens is 3. The molecule has 2 heterocycles. The van der Waals surface area contributed by atoms with Crippen molar-refractivity contribution in [2.24, 2.45) is 0 Å². The molecule has 0 aliphatic rings. The SMILES string of the molecule is Cc1nc2ccc(-c3ccccc3Br)nn2c1C. The first-order chi connectivity index (χ1) is 8.66. The quantitative estimate of drug-likeness (QED) is 0.685. The Morgan fingerprint density at radius 1 is 1.06 bits per heavy atom. The topological polar surface area (TPSA) is 30.2 Å². The predicted molar refractivity (Wildman–Crippen MR) is 75.6 cm³/mol. The third-order valence-corrected chi connectivity index (χ3v) is 3.78. The number of hydrogen-bond acceptors (Lipinski definition) is 2. The van der Waals surface area contributed by atoms with Crippen LogP contribution < -0.4 is 0 Å². The third kappa shape index (κ3) is 1.73. The van der Waals surface area contributed by atoms with Crippen molar-refractivity contribution in [2.75, 3.05) is 0 Å². The fourth-order valence-corrected chi connectivity index (χ4v) is 2.45. The molecule has 0 amide bonds. The highest BCUT2D eigenvalue weighted by atomic mass is 79.9. The van der Waals surface area contributed by atoms with E-state index in [1.54, 1.807) is 0 Å². The third-order valence-electron chi connectivity index (χ3n) is 3.09. The zero-order valence-corrected chi connectivity index (χ0v) is 11.8. The summed E-state index contributed by atoms with van der Waals surface area (Å²) in [4.78, 5) is 4.46. The highest BCUT2D eigenvalue weighted by molar-refractivity contribution is 9.10. The number of nitrogens with zero attached hydrogens (tertiary/aromatic N) is 3. The van der Waals surface area contributed by atoms with Crippen LogP contribution in [-0.4, -0.2) is 14.6 Å². The normalized spacial score (nSPS) is 11.1. The summed E-state index contributed by atoms with van der Waals surface area (Å²) in [6.07, 6.45) is 0. The summed E-state index contributed by atoms with van der Waals surface area (Å²) in [6, 6.07) is 12.1. The van der Waals surface area contributed by atoms with Gasteiger partial charge in [0.15, 0.2) is 5.65 Å². The molecule has 2 aromatic heterocycles. The Kier molecular flexibility index (Phi) is 2.67. The Hall–Kier alpha value is -1.68. The summed E-state index contributed by atoms with van der Waals surface area (Å²) in [5.41, 5.74) is 5.02. The molecule has 1 aromatic carbocycles. The predicted octanol–water partition coefficient (Wildman–Crippen LogP) is 3.78. The fraction of sp³-hybridized carbons (Fsp3) is 0.143. The van der Waals surface area contributed by atoms with Crippen LogP contribution in [-0.2, 0) is 0 Å². The van der Waals surface area contributed by atoms with Gasteiger partial charge in [0, 0.05) is 10.0 Å². The van der Waals surface area contributed by atoms with E-state index in [1.165, 1.54) is 0 Å². The van der Waals surface area contributed by atoms with Crippen LogP contribution in [0.15, 0.2) is 40.9 Å². The molecule has 0 saturated heterocycles. The Morgan fingerprint density at radius 2 is 1.83 bits per heavy atom. The summed E-state index contributed by atoms with van der Waals surface area (Å²) >= 11 is 3.56. The first kappa shape index (κ1) is 11.4. The maximum atomic E-state index is 4.65. The Labute approximate surface area is 114 Å². The zero-order chi connectivity index (χ0) is 12.7. The molecule has 3 nitrogen and oxygen atoms in total. The maximum absolute atomic E-state index is 4.65. The number of hydrogen-bond donors (Lipinski definition) is 0. The number of imidazole rings is 1. The highest BCUT2D eigenvalue weighted by Crippen LogP contribution is 2.26. The maximum Gasteiger partial charge on any atom is 0.154 e. The van der Waals surface area contributed by atoms with Crippen LogP contribution in [0.1, 0.15) is 11.4 Å². The lowest BCUT2D eigenvalue weighted by molar-refractivity contribution is 0.901. The summed E-state index contributed by atoms with van der Waals surface area (Å²) in [7, 11) is 0. The largest absolute Gasteiger partial charge is 0.232 e. The van der Waals surface area contributed by atoms with Gasteiger partial charge in [-0.25, -0.2) is 9.50 Å². The molecule has 0 aliphatic carbocycles. The van der Waals surface area contributed by atoms with Crippen molar-refractivity contribution in [3.05, 3.63) is 52.3 Å². The van der Waals surface area contributed by atoms with E-state index in [4.69, 9.17) is 0 Å². The Morgan fingerprint density at radius 3 is 2.61 bits per heavy atom. The highest BCUT2D eigenvalue weighted by Gasteiger charge is 2.08. The van der Waals surface area contributed by atoms with Gasteiger partial charge < -0.3 is 0 Å². The average Bonchev–Trinajstić information content (AvgIpc) is 2.66. The van der Waals surface area contributed by atoms with Gasteiger partial charge in [0.2, 0.25) is 0 Å². The summed E-state index contributed by atoms with van der Waals surface area (Å²) < 4.78 is 2.94. The number of fused-ring (bicyclic) bond motifs is 1. The minimum Gasteiger partial charge on any atom is -0.232 e. The monoisotopic (exact) mass is 301 g/mol. The molecule has 0 N–H and O–H groups in total. The van der Waals surface area contributed by atoms with Crippen LogP contribution in [0.2, 0.25) is 0 Å². The van der Waals surface area contributed by atoms with E-state index in [2.05, 4.69) is 32.1 Å². The van der Waals surface area contributed by atoms with E-state index in [0.29, 0.717) is 0 Å². The van der Waals surface area contributed by atoms with Gasteiger partial charge in [-0.15, -0.1) is 0 Å². The number of halogens is 1. The first-order valence-corrected chi connectivity index (χ1v) is 6.54. The molecule has 0 saturated carbocycles. The van der Waals surface area contributed by atoms with Crippen LogP contribution >= 0.6 is 15.9 Å². The molecule has 4 heteroatoms. The van der Waals surface area contributed by atoms with Crippen LogP contribution in [0.5, 0.6) is 0 Å². The van der Waals surface area contributed by atoms with Crippen molar-refractivity contribution in [3.63, 3.8) is 0 Å². The Balaban J connectivity index is 2.25. The van der Waals surface area contributed by atoms with E-state index in [-0.39, 0.29) is 0 Å². The molecule has 0 atom stereocenters. The molecular weight excluding hydrogens is 290 g/mol. The van der Waals surface area contributed by atoms with Crippen molar-refractivity contribution in [1.29, 1.82) is 0 Å². The van der Waals surface area contributed by atoms with Gasteiger partial charge in [-0.3, -0.25) is 0 Å². The van der Waals surface area contributed by atoms with Crippen molar-refractivity contribution < 1.29 is 0 Å². The van der Waals surface area contributed by atoms with Gasteiger partial charge in [-0.1, -0.05) is 34.1 Å². The van der Waals surface area contributed by atoms with Gasteiger partial charge in [-0.05, 0) is 32.0 Å². The molecule has 0 radical (unpaired) electrons. The van der Waals surface area contributed by atoms with Crippen LogP contribution in [0.25, 0.3) is 16.9 Å². The van der Waals surface area contributed by atoms with Crippen LogP contribution in [0.4, 0.5) is 0 Å². The van der Waals surface area contributed by atoms with Gasteiger partial charge in [-0.2, -0.15) is 5.10 Å². The van der Waals surface area contributed by atoms with Crippen molar-refractivity contribution in [3.8, 4) is 11.3 Å². The van der Waals surface area contributed by atoms with Gasteiger partial charge in [0.05, 0.1) is 17.1 Å². The van der Waals surface area contributed by atoms with Gasteiger partial charge in [0.1, 0.15) is 0 Å². The second-order valence-corrected chi connectivity index (χ2v) is 5.11. The number of rotatable bonds is 1. The number of benzene rings is 1. The van der Waals surface area contributed by atoms with Gasteiger partial charge >= 0.3 is 0 Å². The van der Waals surface area contributed by atoms with Crippen LogP contribution in [0.3, 0.4) is 0 Å². The number of aryl methyl sites for hydroxylation is 2. The smallest absolute Gasteiger partial charge is 0.154 e. The molecule has 3 rings (SSSR count). The van der Waals surface area contributed by atoms with E-state index in [9.17, 15) is 0 Å². The van der Waals surface area contributed by atoms with Gasteiger partial charge in [0.25, 0.3) is 0 Å². The lowest BCUT2D eigenvalue weighted by atomic mass is 10.1. The minimum absolute atomic E-state index is 0.890. The molecule has 90 valence electrons. The second-order valence-electron chi connectivity index (χ2n) is 4.25. The molecule has 0 unspecified atom stereocenters. The Bertz CT molecular complexity index is 731. The van der Waals surface area contributed by atoms with E-state index in [0.717, 1.165) is 32.8 Å². The second kappa shape index (κ2) is 4.21. The average molecular weight is 302 g/mol. The molecule has 3 aromatic rings. The lowest BCUT2D eigenvalue weighted by Crippen LogP contribution is -1.96. The molecule has 0 bridgehead atoms.